The van der Waals surface area contributed by atoms with Gasteiger partial charge in [0.2, 0.25) is 0 Å². The van der Waals surface area contributed by atoms with Crippen molar-refractivity contribution in [1.29, 1.82) is 0 Å². The molecule has 14 rings (SSSR count). The van der Waals surface area contributed by atoms with Crippen LogP contribution in [0.2, 0.25) is 0 Å². The van der Waals surface area contributed by atoms with Crippen LogP contribution in [-0.4, -0.2) is 0 Å². The molecule has 0 aliphatic heterocycles. The molecule has 2 nitrogen and oxygen atoms in total. The van der Waals surface area contributed by atoms with Gasteiger partial charge in [0.25, 0.3) is 0 Å². The largest absolute Gasteiger partial charge is 0.310 e. The molecule has 0 atom stereocenters. The quantitative estimate of drug-likeness (QED) is 0.151. The molecular weight excluding hydrogens is 761 g/mol. The third kappa shape index (κ3) is 7.12. The molecule has 4 bridgehead atoms. The van der Waals surface area contributed by atoms with Crippen LogP contribution in [0.25, 0.3) is 33.4 Å². The summed E-state index contributed by atoms with van der Waals surface area (Å²) in [5.41, 5.74) is 22.7. The van der Waals surface area contributed by atoms with Crippen molar-refractivity contribution in [3.05, 3.63) is 252 Å². The number of nitrogens with zero attached hydrogens (tertiary/aromatic N) is 2. The third-order valence-electron chi connectivity index (χ3n) is 13.4. The first kappa shape index (κ1) is 38.5. The molecule has 0 saturated heterocycles. The molecule has 0 saturated carbocycles. The Morgan fingerprint density at radius 2 is 0.810 bits per heavy atom. The van der Waals surface area contributed by atoms with Gasteiger partial charge in [0.05, 0.1) is 5.69 Å². The number of fused-ring (bicyclic) bond motifs is 3. The second kappa shape index (κ2) is 16.1. The maximum atomic E-state index is 2.57. The summed E-state index contributed by atoms with van der Waals surface area (Å²) in [7, 11) is 0. The standard InChI is InChI=1S/C61H50N2/c1-61(2)56-41-49(45-17-7-3-8-18-45)35-37-54(56)55-38-36-52(42-57(55)61)63(58-26-16-15-25-53(58)46-19-9-4-10-20-46)60-40-44-28-32-47-31-27-43(29-33-48(60)34-30-44)39-59(47)62(50-21-11-5-12-22-50)51-23-13-6-14-24-51/h3-27,30-31,34-42H,28-29,32-33H2,1-2H3. The number of rotatable bonds is 8. The van der Waals surface area contributed by atoms with E-state index in [4.69, 9.17) is 0 Å². The Labute approximate surface area is 372 Å². The van der Waals surface area contributed by atoms with Crippen molar-refractivity contribution in [3.63, 3.8) is 0 Å². The fraction of sp³-hybridized carbons (Fsp3) is 0.115. The Balaban J connectivity index is 1.04. The van der Waals surface area contributed by atoms with Crippen LogP contribution in [0.3, 0.4) is 0 Å². The monoisotopic (exact) mass is 810 g/mol. The molecule has 9 aromatic carbocycles. The highest BCUT2D eigenvalue weighted by atomic mass is 15.2. The SMILES string of the molecule is CC1(C)c2cc(-c3ccccc3)ccc2-c2ccc(N(c3cc4ccc3CCc3ccc(c(N(c5ccccc5)c5ccccc5)c3)CC4)c3ccccc3-c3ccccc3)cc21. The Kier molecular flexibility index (Phi) is 9.85. The van der Waals surface area contributed by atoms with E-state index in [0.29, 0.717) is 0 Å². The fourth-order valence-electron chi connectivity index (χ4n) is 10.1. The molecule has 2 heteroatoms. The first-order chi connectivity index (χ1) is 31.0. The zero-order chi connectivity index (χ0) is 42.3. The maximum absolute atomic E-state index is 2.57. The lowest BCUT2D eigenvalue weighted by Crippen LogP contribution is -2.18. The number of para-hydroxylation sites is 3. The second-order valence-electron chi connectivity index (χ2n) is 17.6. The minimum atomic E-state index is -0.186. The van der Waals surface area contributed by atoms with E-state index in [0.717, 1.165) is 25.7 Å². The predicted octanol–water partition coefficient (Wildman–Crippen LogP) is 16.2. The number of benzene rings is 9. The van der Waals surface area contributed by atoms with E-state index in [2.05, 4.69) is 242 Å². The van der Waals surface area contributed by atoms with E-state index in [1.165, 1.54) is 101 Å². The molecule has 0 fully saturated rings. The number of hydrogen-bond acceptors (Lipinski definition) is 2. The molecule has 5 aliphatic carbocycles. The fourth-order valence-corrected chi connectivity index (χ4v) is 10.1. The van der Waals surface area contributed by atoms with E-state index in [9.17, 15) is 0 Å². The molecule has 9 aromatic rings. The normalized spacial score (nSPS) is 13.4. The smallest absolute Gasteiger partial charge is 0.0540 e. The van der Waals surface area contributed by atoms with Crippen LogP contribution < -0.4 is 9.80 Å². The van der Waals surface area contributed by atoms with Crippen molar-refractivity contribution in [3.8, 4) is 33.4 Å². The summed E-state index contributed by atoms with van der Waals surface area (Å²) < 4.78 is 0. The topological polar surface area (TPSA) is 6.48 Å². The Bertz CT molecular complexity index is 3040. The third-order valence-corrected chi connectivity index (χ3v) is 13.4. The van der Waals surface area contributed by atoms with Crippen molar-refractivity contribution in [2.24, 2.45) is 0 Å². The van der Waals surface area contributed by atoms with Gasteiger partial charge >= 0.3 is 0 Å². The second-order valence-corrected chi connectivity index (χ2v) is 17.6. The molecule has 0 heterocycles. The first-order valence-corrected chi connectivity index (χ1v) is 22.4. The minimum Gasteiger partial charge on any atom is -0.310 e. The highest BCUT2D eigenvalue weighted by molar-refractivity contribution is 5.92. The summed E-state index contributed by atoms with van der Waals surface area (Å²) >= 11 is 0. The van der Waals surface area contributed by atoms with Crippen molar-refractivity contribution < 1.29 is 0 Å². The average molecular weight is 811 g/mol. The summed E-state index contributed by atoms with van der Waals surface area (Å²) in [6.07, 6.45) is 3.66. The summed E-state index contributed by atoms with van der Waals surface area (Å²) in [5, 5.41) is 0. The van der Waals surface area contributed by atoms with Gasteiger partial charge in [-0.25, -0.2) is 0 Å². The van der Waals surface area contributed by atoms with Crippen LogP contribution in [0.4, 0.5) is 34.1 Å². The number of anilines is 6. The van der Waals surface area contributed by atoms with Crippen LogP contribution in [0, 0.1) is 0 Å². The van der Waals surface area contributed by atoms with Gasteiger partial charge in [0, 0.05) is 39.4 Å². The molecule has 5 aliphatic rings. The molecule has 304 valence electrons. The van der Waals surface area contributed by atoms with Crippen LogP contribution >= 0.6 is 0 Å². The van der Waals surface area contributed by atoms with Gasteiger partial charge in [-0.05, 0) is 148 Å². The average Bonchev–Trinajstić information content (AvgIpc) is 3.56. The van der Waals surface area contributed by atoms with Gasteiger partial charge in [0.1, 0.15) is 0 Å². The maximum Gasteiger partial charge on any atom is 0.0540 e. The molecular formula is C61H50N2. The summed E-state index contributed by atoms with van der Waals surface area (Å²) in [6, 6.07) is 81.1. The van der Waals surface area contributed by atoms with Gasteiger partial charge in [0.15, 0.2) is 0 Å². The van der Waals surface area contributed by atoms with E-state index in [-0.39, 0.29) is 5.41 Å². The zero-order valence-corrected chi connectivity index (χ0v) is 36.0. The highest BCUT2D eigenvalue weighted by Gasteiger charge is 2.37. The summed E-state index contributed by atoms with van der Waals surface area (Å²) in [4.78, 5) is 5.01. The van der Waals surface area contributed by atoms with E-state index < -0.39 is 0 Å². The van der Waals surface area contributed by atoms with Crippen molar-refractivity contribution >= 4 is 34.1 Å². The van der Waals surface area contributed by atoms with E-state index >= 15 is 0 Å². The Morgan fingerprint density at radius 1 is 0.317 bits per heavy atom. The Hall–Kier alpha value is -7.42. The molecule has 0 spiro atoms. The molecule has 0 unspecified atom stereocenters. The molecule has 0 aromatic heterocycles. The van der Waals surface area contributed by atoms with Gasteiger partial charge in [-0.3, -0.25) is 0 Å². The van der Waals surface area contributed by atoms with Crippen molar-refractivity contribution in [1.82, 2.24) is 0 Å². The summed E-state index contributed by atoms with van der Waals surface area (Å²) in [5.74, 6) is 0. The lowest BCUT2D eigenvalue weighted by atomic mass is 9.81. The van der Waals surface area contributed by atoms with E-state index in [1.807, 2.05) is 0 Å². The van der Waals surface area contributed by atoms with Crippen LogP contribution in [-0.2, 0) is 31.1 Å². The predicted molar refractivity (Wildman–Crippen MR) is 266 cm³/mol. The van der Waals surface area contributed by atoms with Crippen molar-refractivity contribution in [2.45, 2.75) is 44.9 Å². The zero-order valence-electron chi connectivity index (χ0n) is 36.0. The first-order valence-electron chi connectivity index (χ1n) is 22.4. The Morgan fingerprint density at radius 3 is 1.41 bits per heavy atom. The lowest BCUT2D eigenvalue weighted by molar-refractivity contribution is 0.660. The van der Waals surface area contributed by atoms with Crippen LogP contribution in [0.15, 0.2) is 218 Å². The van der Waals surface area contributed by atoms with Gasteiger partial charge in [-0.15, -0.1) is 0 Å². The molecule has 0 amide bonds. The van der Waals surface area contributed by atoms with Crippen LogP contribution in [0.1, 0.15) is 47.2 Å². The number of aryl methyl sites for hydroxylation is 4. The summed E-state index contributed by atoms with van der Waals surface area (Å²) in [6.45, 7) is 4.80. The van der Waals surface area contributed by atoms with Gasteiger partial charge in [-0.1, -0.05) is 172 Å². The molecule has 0 N–H and O–H groups in total. The van der Waals surface area contributed by atoms with Gasteiger partial charge < -0.3 is 9.80 Å². The van der Waals surface area contributed by atoms with Gasteiger partial charge in [-0.2, -0.15) is 0 Å². The van der Waals surface area contributed by atoms with Crippen LogP contribution in [0.5, 0.6) is 0 Å². The highest BCUT2D eigenvalue weighted by Crippen LogP contribution is 2.52. The van der Waals surface area contributed by atoms with E-state index in [1.54, 1.807) is 0 Å². The molecule has 63 heavy (non-hydrogen) atoms. The van der Waals surface area contributed by atoms with Crippen molar-refractivity contribution in [2.75, 3.05) is 9.80 Å². The minimum absolute atomic E-state index is 0.186. The molecule has 0 radical (unpaired) electrons. The lowest BCUT2D eigenvalue weighted by Gasteiger charge is -2.32. The number of hydrogen-bond donors (Lipinski definition) is 0.